The highest BCUT2D eigenvalue weighted by molar-refractivity contribution is 7.19. The second kappa shape index (κ2) is 3.44. The average Bonchev–Trinajstić information content (AvgIpc) is 2.91. The Morgan fingerprint density at radius 1 is 1.53 bits per heavy atom. The molecule has 0 spiro atoms. The molecule has 2 N–H and O–H groups in total. The Morgan fingerprint density at radius 2 is 2.40 bits per heavy atom. The normalized spacial score (nSPS) is 24.7. The van der Waals surface area contributed by atoms with Gasteiger partial charge in [-0.1, -0.05) is 11.6 Å². The summed E-state index contributed by atoms with van der Waals surface area (Å²) in [6.07, 6.45) is 1.23. The monoisotopic (exact) mass is 238 g/mol. The van der Waals surface area contributed by atoms with Gasteiger partial charge >= 0.3 is 0 Å². The highest BCUT2D eigenvalue weighted by Crippen LogP contribution is 2.49. The molecule has 0 aliphatic heterocycles. The third-order valence-corrected chi connectivity index (χ3v) is 4.38. The Kier molecular flexibility index (Phi) is 2.20. The van der Waals surface area contributed by atoms with Crippen molar-refractivity contribution in [1.29, 1.82) is 0 Å². The van der Waals surface area contributed by atoms with Crippen LogP contribution in [0.2, 0.25) is 5.15 Å². The molecular weight excluding hydrogens is 228 g/mol. The number of rotatable bonds is 2. The van der Waals surface area contributed by atoms with Crippen LogP contribution in [0.4, 0.5) is 0 Å². The van der Waals surface area contributed by atoms with Gasteiger partial charge in [0.1, 0.15) is 5.15 Å². The van der Waals surface area contributed by atoms with Crippen molar-refractivity contribution in [2.45, 2.75) is 12.3 Å². The Labute approximate surface area is 97.1 Å². The van der Waals surface area contributed by atoms with Gasteiger partial charge in [0.2, 0.25) is 0 Å². The van der Waals surface area contributed by atoms with E-state index in [1.54, 1.807) is 0 Å². The summed E-state index contributed by atoms with van der Waals surface area (Å²) in [5.41, 5.74) is 6.67. The average molecular weight is 239 g/mol. The van der Waals surface area contributed by atoms with Crippen molar-refractivity contribution in [2.75, 3.05) is 6.54 Å². The summed E-state index contributed by atoms with van der Waals surface area (Å²) in [7, 11) is 0. The molecule has 2 aromatic rings. The van der Waals surface area contributed by atoms with Crippen molar-refractivity contribution in [3.63, 3.8) is 0 Å². The fourth-order valence-electron chi connectivity index (χ4n) is 1.96. The van der Waals surface area contributed by atoms with Gasteiger partial charge < -0.3 is 5.73 Å². The predicted molar refractivity (Wildman–Crippen MR) is 64.5 cm³/mol. The maximum absolute atomic E-state index is 5.85. The number of thiophene rings is 1. The van der Waals surface area contributed by atoms with Gasteiger partial charge in [0.05, 0.1) is 10.2 Å². The van der Waals surface area contributed by atoms with Gasteiger partial charge in [-0.05, 0) is 43.0 Å². The largest absolute Gasteiger partial charge is 0.330 e. The van der Waals surface area contributed by atoms with Gasteiger partial charge in [-0.2, -0.15) is 0 Å². The highest BCUT2D eigenvalue weighted by Gasteiger charge is 2.38. The minimum atomic E-state index is 0.568. The molecular formula is C11H11ClN2S. The number of halogens is 1. The van der Waals surface area contributed by atoms with Gasteiger partial charge in [-0.3, -0.25) is 0 Å². The molecule has 0 unspecified atom stereocenters. The van der Waals surface area contributed by atoms with Crippen LogP contribution >= 0.6 is 22.9 Å². The lowest BCUT2D eigenvalue weighted by Crippen LogP contribution is -2.01. The summed E-state index contributed by atoms with van der Waals surface area (Å²) in [6.45, 7) is 0.799. The van der Waals surface area contributed by atoms with Crippen LogP contribution in [0.1, 0.15) is 17.2 Å². The van der Waals surface area contributed by atoms with Crippen LogP contribution in [0.5, 0.6) is 0 Å². The van der Waals surface area contributed by atoms with E-state index in [0.29, 0.717) is 17.0 Å². The van der Waals surface area contributed by atoms with Gasteiger partial charge in [-0.15, -0.1) is 11.3 Å². The second-order valence-electron chi connectivity index (χ2n) is 4.00. The van der Waals surface area contributed by atoms with E-state index in [1.807, 2.05) is 23.5 Å². The van der Waals surface area contributed by atoms with E-state index >= 15 is 0 Å². The zero-order valence-electron chi connectivity index (χ0n) is 8.11. The third-order valence-electron chi connectivity index (χ3n) is 2.95. The van der Waals surface area contributed by atoms with Gasteiger partial charge in [-0.25, -0.2) is 4.98 Å². The quantitative estimate of drug-likeness (QED) is 0.817. The fourth-order valence-corrected chi connectivity index (χ4v) is 3.32. The van der Waals surface area contributed by atoms with Crippen molar-refractivity contribution in [2.24, 2.45) is 11.7 Å². The van der Waals surface area contributed by atoms with E-state index < -0.39 is 0 Å². The van der Waals surface area contributed by atoms with Gasteiger partial charge in [0, 0.05) is 4.88 Å². The molecule has 78 valence electrons. The number of hydrogen-bond donors (Lipinski definition) is 1. The molecule has 0 saturated heterocycles. The number of aromatic nitrogens is 1. The topological polar surface area (TPSA) is 38.9 Å². The molecule has 4 heteroatoms. The van der Waals surface area contributed by atoms with Crippen LogP contribution in [-0.4, -0.2) is 11.5 Å². The fraction of sp³-hybridized carbons (Fsp3) is 0.364. The number of hydrogen-bond acceptors (Lipinski definition) is 3. The molecule has 15 heavy (non-hydrogen) atoms. The third kappa shape index (κ3) is 1.65. The Hall–Kier alpha value is -0.640. The van der Waals surface area contributed by atoms with E-state index in [1.165, 1.54) is 16.0 Å². The molecule has 2 nitrogen and oxygen atoms in total. The van der Waals surface area contributed by atoms with E-state index in [0.717, 1.165) is 12.1 Å². The number of fused-ring (bicyclic) bond motifs is 1. The van der Waals surface area contributed by atoms with Crippen LogP contribution in [0.3, 0.4) is 0 Å². The van der Waals surface area contributed by atoms with Crippen molar-refractivity contribution in [3.8, 4) is 0 Å². The van der Waals surface area contributed by atoms with Crippen LogP contribution in [0.25, 0.3) is 10.2 Å². The summed E-state index contributed by atoms with van der Waals surface area (Å²) in [6, 6.07) is 6.04. The molecule has 0 bridgehead atoms. The summed E-state index contributed by atoms with van der Waals surface area (Å²) < 4.78 is 1.22. The van der Waals surface area contributed by atoms with Crippen molar-refractivity contribution < 1.29 is 0 Å². The summed E-state index contributed by atoms with van der Waals surface area (Å²) >= 11 is 7.67. The maximum Gasteiger partial charge on any atom is 0.129 e. The summed E-state index contributed by atoms with van der Waals surface area (Å²) in [5.74, 6) is 1.36. The SMILES string of the molecule is NC[C@@H]1C[C@H]1c1cc2nc(Cl)ccc2s1. The summed E-state index contributed by atoms with van der Waals surface area (Å²) in [4.78, 5) is 5.71. The highest BCUT2D eigenvalue weighted by atomic mass is 35.5. The van der Waals surface area contributed by atoms with Crippen LogP contribution in [0, 0.1) is 5.92 Å². The van der Waals surface area contributed by atoms with E-state index in [4.69, 9.17) is 17.3 Å². The lowest BCUT2D eigenvalue weighted by atomic mass is 10.2. The lowest BCUT2D eigenvalue weighted by Gasteiger charge is -1.90. The van der Waals surface area contributed by atoms with Crippen LogP contribution in [-0.2, 0) is 0 Å². The standard InChI is InChI=1S/C11H11ClN2S/c12-11-2-1-9-8(14-11)4-10(15-9)7-3-6(7)5-13/h1-2,4,6-7H,3,5,13H2/t6-,7+/m0/s1. The van der Waals surface area contributed by atoms with Crippen molar-refractivity contribution >= 4 is 33.2 Å². The first kappa shape index (κ1) is 9.58. The Morgan fingerprint density at radius 3 is 3.13 bits per heavy atom. The first-order valence-corrected chi connectivity index (χ1v) is 6.23. The van der Waals surface area contributed by atoms with Gasteiger partial charge in [0.25, 0.3) is 0 Å². The molecule has 1 aliphatic rings. The molecule has 2 atom stereocenters. The number of pyridine rings is 1. The molecule has 2 heterocycles. The van der Waals surface area contributed by atoms with Crippen LogP contribution < -0.4 is 5.73 Å². The van der Waals surface area contributed by atoms with E-state index in [2.05, 4.69) is 11.1 Å². The lowest BCUT2D eigenvalue weighted by molar-refractivity contribution is 0.815. The first-order valence-electron chi connectivity index (χ1n) is 5.04. The van der Waals surface area contributed by atoms with E-state index in [-0.39, 0.29) is 0 Å². The van der Waals surface area contributed by atoms with Crippen LogP contribution in [0.15, 0.2) is 18.2 Å². The zero-order valence-corrected chi connectivity index (χ0v) is 9.68. The summed E-state index contributed by atoms with van der Waals surface area (Å²) in [5, 5.41) is 0.568. The maximum atomic E-state index is 5.85. The minimum Gasteiger partial charge on any atom is -0.330 e. The predicted octanol–water partition coefficient (Wildman–Crippen LogP) is 3.01. The molecule has 0 aromatic carbocycles. The molecule has 0 amide bonds. The molecule has 1 aliphatic carbocycles. The Balaban J connectivity index is 2.00. The molecule has 1 fully saturated rings. The molecule has 2 aromatic heterocycles. The second-order valence-corrected chi connectivity index (χ2v) is 5.51. The molecule has 0 radical (unpaired) electrons. The minimum absolute atomic E-state index is 0.568. The van der Waals surface area contributed by atoms with Crippen molar-refractivity contribution in [3.05, 3.63) is 28.2 Å². The van der Waals surface area contributed by atoms with Gasteiger partial charge in [0.15, 0.2) is 0 Å². The van der Waals surface area contributed by atoms with E-state index in [9.17, 15) is 0 Å². The number of nitrogens with zero attached hydrogens (tertiary/aromatic N) is 1. The Bertz CT molecular complexity index is 508. The van der Waals surface area contributed by atoms with Crippen molar-refractivity contribution in [1.82, 2.24) is 4.98 Å². The zero-order chi connectivity index (χ0) is 10.4. The number of nitrogens with two attached hydrogens (primary N) is 1. The first-order chi connectivity index (χ1) is 7.28. The molecule has 1 saturated carbocycles. The molecule has 3 rings (SSSR count). The smallest absolute Gasteiger partial charge is 0.129 e.